The van der Waals surface area contributed by atoms with Crippen molar-refractivity contribution in [2.75, 3.05) is 11.9 Å². The number of rotatable bonds is 0. The zero-order valence-electron chi connectivity index (χ0n) is 36.2. The summed E-state index contributed by atoms with van der Waals surface area (Å²) in [6, 6.07) is 6.21. The van der Waals surface area contributed by atoms with Gasteiger partial charge in [-0.15, -0.1) is 0 Å². The molecule has 1 saturated heterocycles. The van der Waals surface area contributed by atoms with E-state index in [0.717, 1.165) is 80.2 Å². The smallest absolute Gasteiger partial charge is 0.261 e. The van der Waals surface area contributed by atoms with E-state index in [1.807, 2.05) is 6.20 Å². The molecule has 8 bridgehead atoms. The number of aromatic amines is 1. The first-order valence-electron chi connectivity index (χ1n) is 23.9. The number of nitrogens with one attached hydrogen (secondary N) is 2. The second-order valence-electron chi connectivity index (χ2n) is 21.8. The number of carbonyl (C=O) groups excluding carboxylic acids is 2. The summed E-state index contributed by atoms with van der Waals surface area (Å²) in [7, 11) is 0. The van der Waals surface area contributed by atoms with Crippen molar-refractivity contribution in [2.24, 2.45) is 22.2 Å². The van der Waals surface area contributed by atoms with Gasteiger partial charge in [-0.25, -0.2) is 4.98 Å². The molecule has 4 fully saturated rings. The molecule has 6 heterocycles. The van der Waals surface area contributed by atoms with Crippen LogP contribution in [0.5, 0.6) is 11.5 Å². The molecule has 2 aromatic heterocycles. The summed E-state index contributed by atoms with van der Waals surface area (Å²) in [5, 5.41) is 80.9. The molecule has 11 aliphatic rings. The molecule has 11 atom stereocenters. The Morgan fingerprint density at radius 2 is 1.71 bits per heavy atom. The molecule has 2 aromatic carbocycles. The Morgan fingerprint density at radius 1 is 0.877 bits per heavy atom. The van der Waals surface area contributed by atoms with Gasteiger partial charge in [0.1, 0.15) is 29.5 Å². The van der Waals surface area contributed by atoms with E-state index in [1.54, 1.807) is 37.4 Å². The number of phenolic OH excluding ortho intramolecular Hbond substituents is 1. The fourth-order valence-electron chi connectivity index (χ4n) is 16.3. The second-order valence-corrected chi connectivity index (χ2v) is 21.8. The third-order valence-corrected chi connectivity index (χ3v) is 18.9. The van der Waals surface area contributed by atoms with Crippen molar-refractivity contribution < 1.29 is 49.7 Å². The van der Waals surface area contributed by atoms with Crippen LogP contribution in [0, 0.1) is 29.1 Å². The quantitative estimate of drug-likeness (QED) is 0.0930. The monoisotopic (exact) mass is 879 g/mol. The van der Waals surface area contributed by atoms with E-state index in [-0.39, 0.29) is 57.5 Å². The van der Waals surface area contributed by atoms with Crippen molar-refractivity contribution in [1.29, 1.82) is 0 Å². The summed E-state index contributed by atoms with van der Waals surface area (Å²) >= 11 is 0. The Balaban J connectivity index is 1.11. The summed E-state index contributed by atoms with van der Waals surface area (Å²) in [5.74, 6) is -3.77. The molecule has 65 heavy (non-hydrogen) atoms. The Bertz CT molecular complexity index is 2950. The van der Waals surface area contributed by atoms with E-state index in [0.29, 0.717) is 59.0 Å². The lowest BCUT2D eigenvalue weighted by Crippen LogP contribution is -2.78. The van der Waals surface area contributed by atoms with Crippen LogP contribution in [-0.4, -0.2) is 101 Å². The number of benzene rings is 2. The Hall–Kier alpha value is -4.89. The predicted octanol–water partition coefficient (Wildman–Crippen LogP) is 5.78. The highest BCUT2D eigenvalue weighted by molar-refractivity contribution is 6.34. The van der Waals surface area contributed by atoms with Crippen LogP contribution in [0.15, 0.2) is 53.9 Å². The lowest BCUT2D eigenvalue weighted by atomic mass is 9.50. The molecule has 4 aliphatic heterocycles. The van der Waals surface area contributed by atoms with Crippen molar-refractivity contribution in [2.45, 2.75) is 138 Å². The summed E-state index contributed by atoms with van der Waals surface area (Å²) in [5.41, 5.74) is 1.36. The number of aromatic hydroxyl groups is 1. The highest BCUT2D eigenvalue weighted by Gasteiger charge is 2.76. The molecule has 7 aliphatic carbocycles. The minimum Gasteiger partial charge on any atom is -0.507 e. The Kier molecular flexibility index (Phi) is 7.59. The number of phenols is 1. The fourth-order valence-corrected chi connectivity index (χ4v) is 16.3. The van der Waals surface area contributed by atoms with Crippen LogP contribution >= 0.6 is 0 Å². The zero-order valence-corrected chi connectivity index (χ0v) is 36.2. The summed E-state index contributed by atoms with van der Waals surface area (Å²) in [6.45, 7) is 1.78. The molecule has 336 valence electrons. The van der Waals surface area contributed by atoms with Gasteiger partial charge in [-0.05, 0) is 147 Å². The van der Waals surface area contributed by atoms with E-state index >= 15 is 4.79 Å². The number of anilines is 1. The number of aromatic nitrogens is 2. The topological polar surface area (TPSA) is 215 Å². The van der Waals surface area contributed by atoms with Crippen LogP contribution in [0.25, 0.3) is 16.3 Å². The first-order chi connectivity index (χ1) is 31.3. The maximum atomic E-state index is 15.0. The number of H-pyrrole nitrogens is 1. The molecule has 3 saturated carbocycles. The molecular weight excluding hydrogens is 827 g/mol. The van der Waals surface area contributed by atoms with Gasteiger partial charge in [0.05, 0.1) is 23.3 Å². The summed E-state index contributed by atoms with van der Waals surface area (Å²) in [6.07, 6.45) is 8.25. The number of ether oxygens (including phenoxy) is 2. The number of fused-ring (bicyclic) bond motifs is 5. The van der Waals surface area contributed by atoms with Gasteiger partial charge in [-0.2, -0.15) is 0 Å². The maximum absolute atomic E-state index is 15.0. The van der Waals surface area contributed by atoms with Gasteiger partial charge in [-0.3, -0.25) is 9.59 Å². The number of pyridine rings is 1. The third kappa shape index (κ3) is 4.54. The molecule has 4 aromatic rings. The first-order valence-corrected chi connectivity index (χ1v) is 23.9. The average Bonchev–Trinajstić information content (AvgIpc) is 4.07. The SMILES string of the molecule is Cc1cc(O)c2c(c1)C(=O)c1c(c3cc4c(nccc14)NCC(O)C14CCC5CCCc6c[nH]c(c6C51)C1=CC5(O3)OC3(C1=C4CC1(CCC4(CCCC4)C1)C3O)C(O)C(O)C5O)C2=O. The van der Waals surface area contributed by atoms with Gasteiger partial charge in [0, 0.05) is 63.5 Å². The minimum atomic E-state index is -2.38. The molecule has 13 heteroatoms. The maximum Gasteiger partial charge on any atom is 0.261 e. The third-order valence-electron chi connectivity index (χ3n) is 18.9. The molecule has 8 N–H and O–H groups in total. The van der Waals surface area contributed by atoms with Crippen molar-refractivity contribution in [3.05, 3.63) is 98.5 Å². The van der Waals surface area contributed by atoms with E-state index in [1.165, 1.54) is 6.07 Å². The van der Waals surface area contributed by atoms with Gasteiger partial charge >= 0.3 is 0 Å². The normalized spacial score (nSPS) is 38.9. The number of aryl methyl sites for hydroxylation is 2. The van der Waals surface area contributed by atoms with Gasteiger partial charge in [0.25, 0.3) is 5.79 Å². The van der Waals surface area contributed by atoms with Crippen LogP contribution < -0.4 is 10.1 Å². The lowest BCUT2D eigenvalue weighted by molar-refractivity contribution is -0.366. The van der Waals surface area contributed by atoms with Gasteiger partial charge < -0.3 is 50.4 Å². The van der Waals surface area contributed by atoms with Crippen LogP contribution in [0.3, 0.4) is 0 Å². The Morgan fingerprint density at radius 3 is 2.54 bits per heavy atom. The first kappa shape index (κ1) is 39.3. The van der Waals surface area contributed by atoms with Crippen molar-refractivity contribution in [1.82, 2.24) is 9.97 Å². The Labute approximate surface area is 374 Å². The van der Waals surface area contributed by atoms with Gasteiger partial charge in [-0.1, -0.05) is 18.4 Å². The number of nitrogens with zero attached hydrogens (tertiary/aromatic N) is 1. The van der Waals surface area contributed by atoms with Crippen LogP contribution in [0.1, 0.15) is 137 Å². The number of aliphatic hydroxyl groups is 5. The van der Waals surface area contributed by atoms with E-state index in [2.05, 4.69) is 10.3 Å². The highest BCUT2D eigenvalue weighted by atomic mass is 16.7. The second kappa shape index (κ2) is 12.6. The molecule has 5 spiro atoms. The molecule has 13 nitrogen and oxygen atoms in total. The van der Waals surface area contributed by atoms with Crippen LogP contribution in [0.2, 0.25) is 0 Å². The average molecular weight is 880 g/mol. The van der Waals surface area contributed by atoms with E-state index < -0.39 is 64.3 Å². The van der Waals surface area contributed by atoms with Crippen LogP contribution in [-0.2, 0) is 11.2 Å². The van der Waals surface area contributed by atoms with Gasteiger partial charge in [0.15, 0.2) is 17.5 Å². The summed E-state index contributed by atoms with van der Waals surface area (Å²) in [4.78, 5) is 38.4. The van der Waals surface area contributed by atoms with E-state index in [9.17, 15) is 35.4 Å². The summed E-state index contributed by atoms with van der Waals surface area (Å²) < 4.78 is 14.5. The van der Waals surface area contributed by atoms with E-state index in [4.69, 9.17) is 14.5 Å². The predicted molar refractivity (Wildman–Crippen MR) is 236 cm³/mol. The fraction of sp³-hybridized carbons (Fsp3) is 0.519. The highest BCUT2D eigenvalue weighted by Crippen LogP contribution is 2.75. The number of carbonyl (C=O) groups is 2. The molecule has 0 amide bonds. The molecular formula is C52H53N3O10. The van der Waals surface area contributed by atoms with Crippen molar-refractivity contribution in [3.63, 3.8) is 0 Å². The zero-order chi connectivity index (χ0) is 44.3. The molecule has 15 rings (SSSR count). The minimum absolute atomic E-state index is 0.000339. The van der Waals surface area contributed by atoms with Crippen molar-refractivity contribution in [3.8, 4) is 11.5 Å². The largest absolute Gasteiger partial charge is 0.507 e. The number of hydrogen-bond donors (Lipinski definition) is 8. The standard InChI is InChI=1S/C52H53N3O10/c1-23-15-28-35(31(56)16-23)42(59)37-32-17-27-26(36(37)41(28)58)8-14-53-46(27)55-21-33(57)50-11-7-24-5-4-6-25-20-54-40(34(25)38(24)50)29-18-51(64-32)44(61)43(60)45(62)52(65-51)39(29)30(50)19-49(47(52)63)13-12-48(22-49)9-2-3-10-48/h8,14-18,20,24,33,38,43-45,47,54,56-57,60-63H,2-7,9-13,19,21-22H2,1H3,(H,53,55). The number of ketones is 2. The van der Waals surface area contributed by atoms with Gasteiger partial charge in [0.2, 0.25) is 5.78 Å². The molecule has 0 radical (unpaired) electrons. The number of aliphatic hydroxyl groups excluding tert-OH is 5. The lowest BCUT2D eigenvalue weighted by Gasteiger charge is -2.64. The number of hydrogen-bond acceptors (Lipinski definition) is 12. The van der Waals surface area contributed by atoms with Crippen LogP contribution in [0.4, 0.5) is 5.82 Å². The van der Waals surface area contributed by atoms with Crippen molar-refractivity contribution >= 4 is 33.7 Å². The molecule has 11 unspecified atom stereocenters.